The van der Waals surface area contributed by atoms with E-state index in [9.17, 15) is 0 Å². The first-order valence-electron chi connectivity index (χ1n) is 33.7. The number of hydrogen-bond donors (Lipinski definition) is 0. The zero-order chi connectivity index (χ0) is 66.7. The minimum atomic E-state index is -0.0777. The van der Waals surface area contributed by atoms with Crippen LogP contribution in [0.1, 0.15) is 77.6 Å². The molecular formula is C90H70N6S2. The molecule has 472 valence electrons. The number of hydrogen-bond acceptors (Lipinski definition) is 8. The summed E-state index contributed by atoms with van der Waals surface area (Å²) in [5.74, 6) is 3.99. The minimum Gasteiger partial charge on any atom is -0.208 e. The summed E-state index contributed by atoms with van der Waals surface area (Å²) >= 11 is 3.82. The largest absolute Gasteiger partial charge is 0.208 e. The Morgan fingerprint density at radius 1 is 0.235 bits per heavy atom. The molecule has 6 nitrogen and oxygen atoms in total. The highest BCUT2D eigenvalue weighted by molar-refractivity contribution is 7.26. The van der Waals surface area contributed by atoms with Gasteiger partial charge in [-0.05, 0) is 95.6 Å². The van der Waals surface area contributed by atoms with Gasteiger partial charge in [-0.3, -0.25) is 0 Å². The summed E-state index contributed by atoms with van der Waals surface area (Å²) in [6, 6.07) is 98.9. The Kier molecular flexibility index (Phi) is 14.5. The van der Waals surface area contributed by atoms with E-state index in [-0.39, 0.29) is 21.7 Å². The molecule has 0 N–H and O–H groups in total. The monoisotopic (exact) mass is 1300 g/mol. The molecule has 0 spiro atoms. The zero-order valence-electron chi connectivity index (χ0n) is 56.1. The average molecular weight is 1300 g/mol. The first kappa shape index (κ1) is 60.7. The van der Waals surface area contributed by atoms with Crippen LogP contribution in [0.25, 0.3) is 153 Å². The molecular weight excluding hydrogens is 1230 g/mol. The summed E-state index contributed by atoms with van der Waals surface area (Å²) in [5.41, 5.74) is 21.7. The maximum atomic E-state index is 5.01. The van der Waals surface area contributed by atoms with Crippen molar-refractivity contribution in [2.75, 3.05) is 0 Å². The van der Waals surface area contributed by atoms with E-state index in [1.165, 1.54) is 102 Å². The van der Waals surface area contributed by atoms with Gasteiger partial charge >= 0.3 is 0 Å². The van der Waals surface area contributed by atoms with Gasteiger partial charge in [0, 0.05) is 84.7 Å². The molecule has 0 bridgehead atoms. The number of rotatable bonds is 8. The second-order valence-corrected chi connectivity index (χ2v) is 30.3. The van der Waals surface area contributed by atoms with Crippen molar-refractivity contribution in [3.05, 3.63) is 301 Å². The van der Waals surface area contributed by atoms with Crippen LogP contribution in [0.4, 0.5) is 0 Å². The lowest BCUT2D eigenvalue weighted by Gasteiger charge is -2.48. The van der Waals surface area contributed by atoms with Gasteiger partial charge in [0.25, 0.3) is 0 Å². The summed E-state index contributed by atoms with van der Waals surface area (Å²) in [7, 11) is 0. The van der Waals surface area contributed by atoms with E-state index >= 15 is 0 Å². The molecule has 0 fully saturated rings. The smallest absolute Gasteiger partial charge is 0.164 e. The normalized spacial score (nSPS) is 14.4. The molecule has 0 radical (unpaired) electrons. The topological polar surface area (TPSA) is 77.3 Å². The van der Waals surface area contributed by atoms with Gasteiger partial charge in [0.05, 0.1) is 0 Å². The quantitative estimate of drug-likeness (QED) is 0.151. The molecule has 98 heavy (non-hydrogen) atoms. The fraction of sp³-hybridized carbons (Fsp3) is 0.133. The van der Waals surface area contributed by atoms with Crippen LogP contribution >= 0.6 is 22.7 Å². The highest BCUT2D eigenvalue weighted by Gasteiger charge is 2.48. The van der Waals surface area contributed by atoms with Crippen molar-refractivity contribution < 1.29 is 0 Å². The predicted molar refractivity (Wildman–Crippen MR) is 412 cm³/mol. The van der Waals surface area contributed by atoms with Gasteiger partial charge < -0.3 is 0 Å². The Hall–Kier alpha value is -10.9. The van der Waals surface area contributed by atoms with E-state index in [1.807, 2.05) is 144 Å². The molecule has 0 saturated carbocycles. The molecule has 0 saturated heterocycles. The van der Waals surface area contributed by atoms with Crippen molar-refractivity contribution in [2.45, 2.75) is 77.0 Å². The van der Waals surface area contributed by atoms with Crippen LogP contribution in [0.2, 0.25) is 0 Å². The van der Waals surface area contributed by atoms with Crippen molar-refractivity contribution in [2.24, 2.45) is 0 Å². The Balaban J connectivity index is 0.000000147. The minimum absolute atomic E-state index is 0.00376. The molecule has 8 heteroatoms. The third-order valence-corrected chi connectivity index (χ3v) is 24.2. The second-order valence-electron chi connectivity index (χ2n) is 28.1. The predicted octanol–water partition coefficient (Wildman–Crippen LogP) is 24.3. The zero-order valence-corrected chi connectivity index (χ0v) is 57.7. The van der Waals surface area contributed by atoms with Gasteiger partial charge in [0.2, 0.25) is 0 Å². The molecule has 0 amide bonds. The van der Waals surface area contributed by atoms with Crippen molar-refractivity contribution in [3.63, 3.8) is 0 Å². The van der Waals surface area contributed by atoms with Crippen LogP contribution in [-0.4, -0.2) is 29.9 Å². The second kappa shape index (κ2) is 23.4. The Bertz CT molecular complexity index is 5680. The van der Waals surface area contributed by atoms with E-state index < -0.39 is 0 Å². The summed E-state index contributed by atoms with van der Waals surface area (Å²) in [6.45, 7) is 19.3. The van der Waals surface area contributed by atoms with Crippen LogP contribution in [-0.2, 0) is 21.7 Å². The third-order valence-electron chi connectivity index (χ3n) is 21.8. The molecule has 4 heterocycles. The first-order chi connectivity index (χ1) is 47.6. The highest BCUT2D eigenvalue weighted by atomic mass is 32.1. The van der Waals surface area contributed by atoms with Gasteiger partial charge in [0.1, 0.15) is 0 Å². The van der Waals surface area contributed by atoms with Crippen LogP contribution in [0.3, 0.4) is 0 Å². The van der Waals surface area contributed by atoms with E-state index in [0.717, 1.165) is 38.9 Å². The van der Waals surface area contributed by atoms with Gasteiger partial charge in [-0.2, -0.15) is 0 Å². The lowest BCUT2D eigenvalue weighted by molar-refractivity contribution is 0.299. The van der Waals surface area contributed by atoms with Crippen molar-refractivity contribution in [3.8, 4) is 113 Å². The Labute approximate surface area is 580 Å². The van der Waals surface area contributed by atoms with Gasteiger partial charge in [-0.15, -0.1) is 22.7 Å². The van der Waals surface area contributed by atoms with Crippen LogP contribution in [0, 0.1) is 0 Å². The van der Waals surface area contributed by atoms with E-state index in [1.54, 1.807) is 0 Å². The molecule has 0 unspecified atom stereocenters. The van der Waals surface area contributed by atoms with Crippen molar-refractivity contribution in [1.29, 1.82) is 0 Å². The van der Waals surface area contributed by atoms with Crippen LogP contribution in [0.15, 0.2) is 279 Å². The molecule has 0 aliphatic heterocycles. The summed E-state index contributed by atoms with van der Waals surface area (Å²) in [5, 5.41) is 5.36. The lowest BCUT2D eigenvalue weighted by atomic mass is 9.55. The molecule has 0 atom stereocenters. The number of thiophene rings is 2. The van der Waals surface area contributed by atoms with Crippen LogP contribution < -0.4 is 0 Å². The fourth-order valence-electron chi connectivity index (χ4n) is 15.1. The van der Waals surface area contributed by atoms with E-state index in [4.69, 9.17) is 29.9 Å². The molecule has 12 aromatic carbocycles. The van der Waals surface area contributed by atoms with Crippen molar-refractivity contribution in [1.82, 2.24) is 29.9 Å². The van der Waals surface area contributed by atoms with Crippen LogP contribution in [0.5, 0.6) is 0 Å². The standard InChI is InChI=1S/2C45H35N3S/c1-44(2)36-24-12-11-21-33(36)34-25-26-37-38(39(34)45(44,3)4)35-23-14-22-32(40(35)49-37)30-19-13-20-31(27-30)43-47-41(28-15-7-5-8-16-28)46-42(48-43)29-17-9-6-10-18-29;1-44(2)36-18-12-11-17-35(36)39-37(45(44,3)4)26-25-34-33-24-23-32(27-38(33)49-40(34)39)28-19-21-31(22-20-28)43-47-41(29-13-7-5-8-14-29)46-42(48-43)30-15-9-6-10-16-30/h2*5-27H,1-4H3. The number of fused-ring (bicyclic) bond motifs is 14. The number of aromatic nitrogens is 6. The SMILES string of the molecule is CC1(C)c2ccccc2-c2c(ccc3c2sc2cc(-c4ccc(-c5nc(-c6ccccc6)nc(-c6ccccc6)n5)cc4)ccc23)C1(C)C.CC1(C)c2ccccc2-c2ccc3sc4c(-c5cccc(-c6nc(-c7ccccc7)nc(-c7ccccc7)n6)c5)cccc4c3c2C1(C)C. The third kappa shape index (κ3) is 9.94. The maximum Gasteiger partial charge on any atom is 0.164 e. The number of benzene rings is 12. The fourth-order valence-corrected chi connectivity index (χ4v) is 17.7. The molecule has 2 aliphatic carbocycles. The van der Waals surface area contributed by atoms with Gasteiger partial charge in [-0.1, -0.05) is 316 Å². The number of nitrogens with zero attached hydrogens (tertiary/aromatic N) is 6. The van der Waals surface area contributed by atoms with E-state index in [2.05, 4.69) is 213 Å². The Morgan fingerprint density at radius 2 is 0.643 bits per heavy atom. The van der Waals surface area contributed by atoms with E-state index in [0.29, 0.717) is 34.9 Å². The summed E-state index contributed by atoms with van der Waals surface area (Å²) < 4.78 is 5.33. The molecule has 2 aliphatic rings. The highest BCUT2D eigenvalue weighted by Crippen LogP contribution is 2.59. The average Bonchev–Trinajstić information content (AvgIpc) is 1.28. The lowest BCUT2D eigenvalue weighted by Crippen LogP contribution is -2.43. The summed E-state index contributed by atoms with van der Waals surface area (Å²) in [6.07, 6.45) is 0. The summed E-state index contributed by atoms with van der Waals surface area (Å²) in [4.78, 5) is 29.6. The first-order valence-corrected chi connectivity index (χ1v) is 35.4. The van der Waals surface area contributed by atoms with Gasteiger partial charge in [-0.25, -0.2) is 29.9 Å². The molecule has 4 aromatic heterocycles. The molecule has 16 aromatic rings. The van der Waals surface area contributed by atoms with Gasteiger partial charge in [0.15, 0.2) is 34.9 Å². The Morgan fingerprint density at radius 3 is 1.21 bits per heavy atom. The maximum absolute atomic E-state index is 5.01. The molecule has 18 rings (SSSR count). The van der Waals surface area contributed by atoms with Crippen molar-refractivity contribution >= 4 is 63.0 Å².